The average molecular weight is 511 g/mol. The molecule has 3 aromatic carbocycles. The molecular weight excluding hydrogens is 487 g/mol. The third kappa shape index (κ3) is 4.77. The number of carbonyl (C=O) groups excluding carboxylic acids is 2. The lowest BCUT2D eigenvalue weighted by Gasteiger charge is -2.34. The van der Waals surface area contributed by atoms with Gasteiger partial charge >= 0.3 is 5.97 Å². The molecule has 6 nitrogen and oxygen atoms in total. The van der Waals surface area contributed by atoms with Crippen molar-refractivity contribution in [3.05, 3.63) is 99.0 Å². The predicted octanol–water partition coefficient (Wildman–Crippen LogP) is 6.47. The number of halogens is 2. The van der Waals surface area contributed by atoms with Gasteiger partial charge in [0.15, 0.2) is 6.04 Å². The molecule has 1 heterocycles. The minimum Gasteiger partial charge on any atom is -0.479 e. The summed E-state index contributed by atoms with van der Waals surface area (Å²) in [5.74, 6) is -2.25. The summed E-state index contributed by atoms with van der Waals surface area (Å²) < 4.78 is 0. The van der Waals surface area contributed by atoms with Crippen molar-refractivity contribution in [1.29, 1.82) is 0 Å². The van der Waals surface area contributed by atoms with Gasteiger partial charge in [0.1, 0.15) is 6.04 Å². The number of fused-ring (bicyclic) bond motifs is 1. The minimum absolute atomic E-state index is 0.173. The van der Waals surface area contributed by atoms with Gasteiger partial charge in [-0.15, -0.1) is 0 Å². The number of carbonyl (C=O) groups is 3. The quantitative estimate of drug-likeness (QED) is 0.397. The van der Waals surface area contributed by atoms with E-state index < -0.39 is 29.9 Å². The molecule has 0 radical (unpaired) electrons. The molecule has 3 unspecified atom stereocenters. The molecule has 1 aliphatic heterocycles. The summed E-state index contributed by atoms with van der Waals surface area (Å²) in [6.45, 7) is 4.08. The van der Waals surface area contributed by atoms with Gasteiger partial charge < -0.3 is 15.3 Å². The first-order valence-corrected chi connectivity index (χ1v) is 12.0. The van der Waals surface area contributed by atoms with Crippen LogP contribution in [0.15, 0.2) is 66.7 Å². The van der Waals surface area contributed by atoms with Crippen molar-refractivity contribution in [2.75, 3.05) is 5.32 Å². The van der Waals surface area contributed by atoms with Gasteiger partial charge in [0.25, 0.3) is 11.8 Å². The van der Waals surface area contributed by atoms with Crippen molar-refractivity contribution in [3.8, 4) is 0 Å². The second-order valence-corrected chi connectivity index (χ2v) is 9.38. The molecule has 0 spiro atoms. The van der Waals surface area contributed by atoms with Crippen LogP contribution in [-0.2, 0) is 9.59 Å². The molecule has 180 valence electrons. The van der Waals surface area contributed by atoms with Crippen LogP contribution in [-0.4, -0.2) is 27.8 Å². The molecule has 3 aromatic rings. The van der Waals surface area contributed by atoms with Crippen LogP contribution < -0.4 is 5.32 Å². The number of carboxylic acids is 1. The van der Waals surface area contributed by atoms with Crippen molar-refractivity contribution in [2.24, 2.45) is 0 Å². The Hall–Kier alpha value is -3.35. The van der Waals surface area contributed by atoms with E-state index in [1.807, 2.05) is 19.9 Å². The topological polar surface area (TPSA) is 86.7 Å². The first-order valence-electron chi connectivity index (χ1n) is 11.2. The molecule has 0 saturated carbocycles. The Morgan fingerprint density at radius 3 is 2.37 bits per heavy atom. The number of carboxylic acid groups (broad SMARTS) is 1. The van der Waals surface area contributed by atoms with Crippen molar-refractivity contribution in [1.82, 2.24) is 4.90 Å². The highest BCUT2D eigenvalue weighted by Gasteiger charge is 2.44. The molecule has 0 aliphatic carbocycles. The van der Waals surface area contributed by atoms with Crippen molar-refractivity contribution >= 4 is 46.7 Å². The zero-order chi connectivity index (χ0) is 25.3. The van der Waals surface area contributed by atoms with E-state index in [2.05, 4.69) is 5.32 Å². The number of hydrogen-bond donors (Lipinski definition) is 2. The summed E-state index contributed by atoms with van der Waals surface area (Å²) in [5.41, 5.74) is 2.11. The van der Waals surface area contributed by atoms with Crippen LogP contribution >= 0.6 is 23.2 Å². The SMILES string of the molecule is CCC(C)c1ccc2c(c1)C(=O)N(C(C(=O)O)c1ccccc1Cl)C(c1ccc(Cl)cc1)C(=O)N2. The van der Waals surface area contributed by atoms with Crippen LogP contribution in [0.25, 0.3) is 0 Å². The predicted molar refractivity (Wildman–Crippen MR) is 136 cm³/mol. The summed E-state index contributed by atoms with van der Waals surface area (Å²) in [6.07, 6.45) is 0.855. The van der Waals surface area contributed by atoms with Gasteiger partial charge in [-0.25, -0.2) is 4.79 Å². The Balaban J connectivity index is 1.97. The molecule has 8 heteroatoms. The van der Waals surface area contributed by atoms with Gasteiger partial charge in [-0.3, -0.25) is 9.59 Å². The Kier molecular flexibility index (Phi) is 7.15. The van der Waals surface area contributed by atoms with Gasteiger partial charge in [0, 0.05) is 15.6 Å². The highest BCUT2D eigenvalue weighted by Crippen LogP contribution is 2.40. The van der Waals surface area contributed by atoms with E-state index in [1.165, 1.54) is 0 Å². The van der Waals surface area contributed by atoms with E-state index in [0.29, 0.717) is 16.3 Å². The van der Waals surface area contributed by atoms with Crippen LogP contribution in [0.1, 0.15) is 65.3 Å². The zero-order valence-corrected chi connectivity index (χ0v) is 20.7. The number of nitrogens with one attached hydrogen (secondary N) is 1. The zero-order valence-electron chi connectivity index (χ0n) is 19.2. The van der Waals surface area contributed by atoms with E-state index >= 15 is 0 Å². The number of anilines is 1. The van der Waals surface area contributed by atoms with Crippen molar-refractivity contribution in [3.63, 3.8) is 0 Å². The van der Waals surface area contributed by atoms with E-state index in [0.717, 1.165) is 16.9 Å². The number of hydrogen-bond acceptors (Lipinski definition) is 3. The second-order valence-electron chi connectivity index (χ2n) is 8.53. The van der Waals surface area contributed by atoms with Crippen LogP contribution in [0.4, 0.5) is 5.69 Å². The average Bonchev–Trinajstić information content (AvgIpc) is 2.94. The lowest BCUT2D eigenvalue weighted by Crippen LogP contribution is -2.44. The van der Waals surface area contributed by atoms with Gasteiger partial charge in [-0.05, 0) is 53.8 Å². The Morgan fingerprint density at radius 2 is 1.74 bits per heavy atom. The molecule has 0 aromatic heterocycles. The summed E-state index contributed by atoms with van der Waals surface area (Å²) >= 11 is 12.4. The van der Waals surface area contributed by atoms with Gasteiger partial charge in [-0.1, -0.05) is 73.4 Å². The maximum absolute atomic E-state index is 14.1. The van der Waals surface area contributed by atoms with E-state index in [1.54, 1.807) is 60.7 Å². The lowest BCUT2D eigenvalue weighted by molar-refractivity contribution is -0.144. The third-order valence-electron chi connectivity index (χ3n) is 6.37. The minimum atomic E-state index is -1.51. The van der Waals surface area contributed by atoms with Crippen LogP contribution in [0, 0.1) is 0 Å². The maximum atomic E-state index is 14.1. The standard InChI is InChI=1S/C27H24Cl2N2O4/c1-3-15(2)17-10-13-22-20(14-17)26(33)31(24(27(34)35)19-6-4-5-7-21(19)29)23(25(32)30-22)16-8-11-18(28)12-9-16/h4-15,23-24H,3H2,1-2H3,(H,30,32)(H,34,35). The van der Waals surface area contributed by atoms with Crippen LogP contribution in [0.5, 0.6) is 0 Å². The monoisotopic (exact) mass is 510 g/mol. The van der Waals surface area contributed by atoms with E-state index in [4.69, 9.17) is 23.2 Å². The number of nitrogens with zero attached hydrogens (tertiary/aromatic N) is 1. The molecule has 0 bridgehead atoms. The van der Waals surface area contributed by atoms with Crippen molar-refractivity contribution < 1.29 is 19.5 Å². The Morgan fingerprint density at radius 1 is 1.06 bits per heavy atom. The fourth-order valence-corrected chi connectivity index (χ4v) is 4.66. The summed E-state index contributed by atoms with van der Waals surface area (Å²) in [4.78, 5) is 41.5. The molecule has 2 amide bonds. The normalized spacial score (nSPS) is 17.3. The van der Waals surface area contributed by atoms with E-state index in [9.17, 15) is 19.5 Å². The first-order chi connectivity index (χ1) is 16.7. The third-order valence-corrected chi connectivity index (χ3v) is 6.97. The molecule has 0 fully saturated rings. The summed E-state index contributed by atoms with van der Waals surface area (Å²) in [7, 11) is 0. The van der Waals surface area contributed by atoms with Crippen molar-refractivity contribution in [2.45, 2.75) is 38.3 Å². The van der Waals surface area contributed by atoms with Gasteiger partial charge in [0.05, 0.1) is 11.3 Å². The molecule has 3 atom stereocenters. The molecule has 2 N–H and O–H groups in total. The van der Waals surface area contributed by atoms with Gasteiger partial charge in [-0.2, -0.15) is 0 Å². The number of benzene rings is 3. The molecule has 4 rings (SSSR count). The number of rotatable bonds is 6. The molecule has 0 saturated heterocycles. The second kappa shape index (κ2) is 10.1. The smallest absolute Gasteiger partial charge is 0.331 e. The number of amides is 2. The highest BCUT2D eigenvalue weighted by atomic mass is 35.5. The molecular formula is C27H24Cl2N2O4. The highest BCUT2D eigenvalue weighted by molar-refractivity contribution is 6.31. The molecule has 35 heavy (non-hydrogen) atoms. The lowest BCUT2D eigenvalue weighted by atomic mass is 9.94. The maximum Gasteiger partial charge on any atom is 0.331 e. The number of aliphatic carboxylic acids is 1. The first kappa shape index (κ1) is 24.8. The van der Waals surface area contributed by atoms with Crippen LogP contribution in [0.3, 0.4) is 0 Å². The van der Waals surface area contributed by atoms with Crippen LogP contribution in [0.2, 0.25) is 10.0 Å². The van der Waals surface area contributed by atoms with E-state index in [-0.39, 0.29) is 22.1 Å². The summed E-state index contributed by atoms with van der Waals surface area (Å²) in [5, 5.41) is 13.8. The fraction of sp³-hybridized carbons (Fsp3) is 0.222. The Bertz CT molecular complexity index is 1290. The Labute approximate surface area is 213 Å². The molecule has 1 aliphatic rings. The largest absolute Gasteiger partial charge is 0.479 e. The van der Waals surface area contributed by atoms with Gasteiger partial charge in [0.2, 0.25) is 0 Å². The summed E-state index contributed by atoms with van der Waals surface area (Å²) in [6, 6.07) is 15.4. The fourth-order valence-electron chi connectivity index (χ4n) is 4.30.